The summed E-state index contributed by atoms with van der Waals surface area (Å²) in [6.45, 7) is 13.8. The zero-order valence-corrected chi connectivity index (χ0v) is 33.6. The minimum Gasteiger partial charge on any atom is -0.394 e. The maximum absolute atomic E-state index is 12.2. The van der Waals surface area contributed by atoms with E-state index in [2.05, 4.69) is 34.6 Å². The molecule has 15 unspecified atom stereocenters. The number of hydrogen-bond donors (Lipinski definition) is 9. The van der Waals surface area contributed by atoms with Crippen molar-refractivity contribution in [2.75, 3.05) is 13.2 Å². The van der Waals surface area contributed by atoms with E-state index in [1.165, 1.54) is 0 Å². The lowest BCUT2D eigenvalue weighted by molar-refractivity contribution is -0.339. The first-order valence-electron chi connectivity index (χ1n) is 20.9. The van der Waals surface area contributed by atoms with Gasteiger partial charge in [0.2, 0.25) is 0 Å². The van der Waals surface area contributed by atoms with Gasteiger partial charge >= 0.3 is 0 Å². The summed E-state index contributed by atoms with van der Waals surface area (Å²) in [6, 6.07) is 0. The van der Waals surface area contributed by atoms with Gasteiger partial charge in [-0.25, -0.2) is 0 Å². The van der Waals surface area contributed by atoms with Gasteiger partial charge in [-0.2, -0.15) is 0 Å². The molecule has 8 fully saturated rings. The highest BCUT2D eigenvalue weighted by atomic mass is 16.7. The van der Waals surface area contributed by atoms with Gasteiger partial charge < -0.3 is 69.6 Å². The van der Waals surface area contributed by atoms with E-state index in [1.807, 2.05) is 0 Å². The highest BCUT2D eigenvalue weighted by molar-refractivity contribution is 5.33. The van der Waals surface area contributed by atoms with E-state index in [0.29, 0.717) is 25.7 Å². The highest BCUT2D eigenvalue weighted by Gasteiger charge is 2.85. The second-order valence-electron chi connectivity index (χ2n) is 21.1. The zero-order chi connectivity index (χ0) is 40.1. The maximum atomic E-state index is 12.2. The normalized spacial score (nSPS) is 58.7. The molecule has 2 spiro atoms. The van der Waals surface area contributed by atoms with Crippen LogP contribution in [0.2, 0.25) is 0 Å². The lowest BCUT2D eigenvalue weighted by Crippen LogP contribution is -2.65. The number of aliphatic hydroxyl groups excluding tert-OH is 8. The highest BCUT2D eigenvalue weighted by Crippen LogP contribution is 2.89. The Hall–Kier alpha value is -0.560. The van der Waals surface area contributed by atoms with Crippen LogP contribution in [0, 0.1) is 44.8 Å². The van der Waals surface area contributed by atoms with Gasteiger partial charge in [-0.1, -0.05) is 27.7 Å². The maximum Gasteiger partial charge on any atom is 0.186 e. The van der Waals surface area contributed by atoms with Gasteiger partial charge in [0, 0.05) is 5.92 Å². The van der Waals surface area contributed by atoms with Crippen LogP contribution in [0.3, 0.4) is 0 Å². The third-order valence-corrected chi connectivity index (χ3v) is 17.6. The Morgan fingerprint density at radius 2 is 1.40 bits per heavy atom. The molecule has 5 aliphatic carbocycles. The van der Waals surface area contributed by atoms with Crippen LogP contribution in [0.4, 0.5) is 0 Å². The quantitative estimate of drug-likeness (QED) is 0.162. The first kappa shape index (κ1) is 41.2. The SMILES string of the molecule is CC(C)(O)C1CC[C@](C)(C2[C@@H](O)C[C@@]3(C)C4C[C@H](OC5OC(CO)C(O)C(O)C5O)C5C(C)(C)[C@@H](OC6OCC(O)C(O)C6O)CCC56CC46CC[C@]23C)O1. The molecule has 5 saturated carbocycles. The number of rotatable bonds is 7. The average Bonchev–Trinajstić information content (AvgIpc) is 3.47. The standard InChI is InChI=1S/C41H68O14/c1-35(2)24(54-33-29(48)26(45)20(44)17-51-33)9-11-41-18-40(41)13-12-37(5)31(39(7)10-8-25(55-39)36(3,4)50)19(43)15-38(37,6)23(40)14-21(32(35)41)52-34-30(49)28(47)27(46)22(16-42)53-34/h19-34,42-50H,8-18H2,1-7H3/t19-,20?,21-,22?,23?,24-,25?,26?,27?,28?,29?,30?,31?,32?,33?,34?,37+,38-,39+,40?,41?/m0/s1. The van der Waals surface area contributed by atoms with E-state index in [4.69, 9.17) is 23.7 Å². The summed E-state index contributed by atoms with van der Waals surface area (Å²) >= 11 is 0. The predicted molar refractivity (Wildman–Crippen MR) is 194 cm³/mol. The molecule has 0 aromatic heterocycles. The smallest absolute Gasteiger partial charge is 0.186 e. The number of fused-ring (bicyclic) bond motifs is 2. The summed E-state index contributed by atoms with van der Waals surface area (Å²) in [6.07, 6.45) is -7.48. The molecule has 0 aromatic rings. The summed E-state index contributed by atoms with van der Waals surface area (Å²) in [4.78, 5) is 0. The molecular weight excluding hydrogens is 716 g/mol. The Morgan fingerprint density at radius 3 is 2.05 bits per heavy atom. The van der Waals surface area contributed by atoms with Crippen LogP contribution in [-0.4, -0.2) is 150 Å². The van der Waals surface area contributed by atoms with E-state index < -0.39 is 96.8 Å². The molecule has 14 heteroatoms. The third kappa shape index (κ3) is 5.70. The minimum absolute atomic E-state index is 0.0633. The largest absolute Gasteiger partial charge is 0.394 e. The fraction of sp³-hybridized carbons (Fsp3) is 1.00. The van der Waals surface area contributed by atoms with Gasteiger partial charge in [0.1, 0.15) is 42.7 Å². The molecule has 0 radical (unpaired) electrons. The van der Waals surface area contributed by atoms with Crippen molar-refractivity contribution in [1.29, 1.82) is 0 Å². The Labute approximate surface area is 324 Å². The van der Waals surface area contributed by atoms with E-state index in [1.54, 1.807) is 13.8 Å². The van der Waals surface area contributed by atoms with Gasteiger partial charge in [0.25, 0.3) is 0 Å². The molecule has 8 rings (SSSR count). The molecule has 316 valence electrons. The number of aliphatic hydroxyl groups is 9. The Balaban J connectivity index is 1.15. The van der Waals surface area contributed by atoms with Gasteiger partial charge in [-0.05, 0) is 117 Å². The fourth-order valence-corrected chi connectivity index (χ4v) is 14.9. The van der Waals surface area contributed by atoms with Crippen molar-refractivity contribution in [3.05, 3.63) is 0 Å². The topological polar surface area (TPSA) is 228 Å². The molecule has 3 heterocycles. The Morgan fingerprint density at radius 1 is 0.709 bits per heavy atom. The molecule has 55 heavy (non-hydrogen) atoms. The first-order valence-corrected chi connectivity index (χ1v) is 20.9. The molecule has 3 aliphatic heterocycles. The van der Waals surface area contributed by atoms with E-state index in [-0.39, 0.29) is 52.1 Å². The van der Waals surface area contributed by atoms with Crippen LogP contribution in [0.15, 0.2) is 0 Å². The Kier molecular flexibility index (Phi) is 9.90. The number of ether oxygens (including phenoxy) is 5. The summed E-state index contributed by atoms with van der Waals surface area (Å²) in [5, 5.41) is 97.2. The summed E-state index contributed by atoms with van der Waals surface area (Å²) < 4.78 is 31.9. The van der Waals surface area contributed by atoms with Crippen LogP contribution in [-0.2, 0) is 23.7 Å². The summed E-state index contributed by atoms with van der Waals surface area (Å²) in [5.74, 6) is -0.215. The lowest BCUT2D eigenvalue weighted by Gasteiger charge is -2.65. The van der Waals surface area contributed by atoms with Gasteiger partial charge in [0.05, 0.1) is 48.8 Å². The van der Waals surface area contributed by atoms with E-state index >= 15 is 0 Å². The zero-order valence-electron chi connectivity index (χ0n) is 33.6. The van der Waals surface area contributed by atoms with Crippen molar-refractivity contribution < 1.29 is 69.6 Å². The Bertz CT molecular complexity index is 1460. The van der Waals surface area contributed by atoms with Gasteiger partial charge in [-0.15, -0.1) is 0 Å². The average molecular weight is 785 g/mol. The predicted octanol–water partition coefficient (Wildman–Crippen LogP) is 0.724. The van der Waals surface area contributed by atoms with E-state index in [0.717, 1.165) is 32.1 Å². The molecule has 21 atom stereocenters. The molecule has 0 bridgehead atoms. The van der Waals surface area contributed by atoms with Crippen LogP contribution in [0.25, 0.3) is 0 Å². The van der Waals surface area contributed by atoms with Crippen molar-refractivity contribution >= 4 is 0 Å². The van der Waals surface area contributed by atoms with E-state index in [9.17, 15) is 46.0 Å². The molecule has 14 nitrogen and oxygen atoms in total. The van der Waals surface area contributed by atoms with Crippen molar-refractivity contribution in [3.8, 4) is 0 Å². The van der Waals surface area contributed by atoms with Crippen LogP contribution in [0.5, 0.6) is 0 Å². The summed E-state index contributed by atoms with van der Waals surface area (Å²) in [7, 11) is 0. The fourth-order valence-electron chi connectivity index (χ4n) is 14.9. The molecule has 3 saturated heterocycles. The van der Waals surface area contributed by atoms with Crippen LogP contribution in [0.1, 0.15) is 106 Å². The molecule has 0 amide bonds. The molecule has 8 aliphatic rings. The second-order valence-corrected chi connectivity index (χ2v) is 21.1. The monoisotopic (exact) mass is 784 g/mol. The van der Waals surface area contributed by atoms with Crippen LogP contribution >= 0.6 is 0 Å². The summed E-state index contributed by atoms with van der Waals surface area (Å²) in [5.41, 5.74) is -3.16. The van der Waals surface area contributed by atoms with Gasteiger partial charge in [0.15, 0.2) is 12.6 Å². The first-order chi connectivity index (χ1) is 25.5. The van der Waals surface area contributed by atoms with Crippen molar-refractivity contribution in [2.45, 2.75) is 197 Å². The van der Waals surface area contributed by atoms with Gasteiger partial charge in [-0.3, -0.25) is 0 Å². The van der Waals surface area contributed by atoms with Crippen molar-refractivity contribution in [3.63, 3.8) is 0 Å². The third-order valence-electron chi connectivity index (χ3n) is 17.6. The minimum atomic E-state index is -1.60. The lowest BCUT2D eigenvalue weighted by atomic mass is 9.41. The second kappa shape index (κ2) is 13.2. The van der Waals surface area contributed by atoms with Crippen LogP contribution < -0.4 is 0 Å². The number of hydrogen-bond acceptors (Lipinski definition) is 14. The molecule has 0 aromatic carbocycles. The molecule has 9 N–H and O–H groups in total. The van der Waals surface area contributed by atoms with Crippen molar-refractivity contribution in [1.82, 2.24) is 0 Å². The molecular formula is C41H68O14. The van der Waals surface area contributed by atoms with Crippen molar-refractivity contribution in [2.24, 2.45) is 44.8 Å².